The summed E-state index contributed by atoms with van der Waals surface area (Å²) in [5.41, 5.74) is 1.51. The second-order valence-electron chi connectivity index (χ2n) is 12.5. The molecule has 1 aliphatic carbocycles. The van der Waals surface area contributed by atoms with Crippen LogP contribution in [0.2, 0.25) is 0 Å². The Kier molecular flexibility index (Phi) is 12.1. The molecular weight excluding hydrogens is 557 g/mol. The molecule has 1 aromatic heterocycles. The van der Waals surface area contributed by atoms with E-state index in [0.717, 1.165) is 23.9 Å². The maximum absolute atomic E-state index is 14.1. The van der Waals surface area contributed by atoms with Crippen molar-refractivity contribution in [1.82, 2.24) is 14.8 Å². The largest absolute Gasteiger partial charge is 0.481 e. The smallest absolute Gasteiger partial charge is 0.336 e. The Hall–Kier alpha value is -3.02. The fourth-order valence-electron chi connectivity index (χ4n) is 6.72. The highest BCUT2D eigenvalue weighted by Gasteiger charge is 2.41. The van der Waals surface area contributed by atoms with Gasteiger partial charge in [0.25, 0.3) is 0 Å². The highest BCUT2D eigenvalue weighted by molar-refractivity contribution is 5.88. The number of nitrogens with zero attached hydrogens (tertiary/aromatic N) is 2. The number of aromatic nitrogens is 1. The molecule has 10 nitrogen and oxygen atoms in total. The van der Waals surface area contributed by atoms with Crippen molar-refractivity contribution in [1.29, 1.82) is 0 Å². The molecule has 0 atom stereocenters. The van der Waals surface area contributed by atoms with Crippen LogP contribution in [0.25, 0.3) is 10.9 Å². The lowest BCUT2D eigenvalue weighted by Crippen LogP contribution is -2.46. The number of benzene rings is 1. The maximum Gasteiger partial charge on any atom is 0.336 e. The molecule has 2 heterocycles. The lowest BCUT2D eigenvalue weighted by atomic mass is 9.72. The SMILES string of the molecule is CCCCC1(N(C)C)CCC(c2[nH]c3ccc(F)cc3c2CCN2CCCC2)CC1.O=C(O)CC(O)(CC(=O)O)C(=O)O. The topological polar surface area (TPSA) is 154 Å². The fourth-order valence-corrected chi connectivity index (χ4v) is 6.72. The zero-order valence-corrected chi connectivity index (χ0v) is 25.7. The number of H-pyrrole nitrogens is 1. The van der Waals surface area contributed by atoms with Gasteiger partial charge in [-0.1, -0.05) is 19.8 Å². The molecule has 2 aliphatic rings. The van der Waals surface area contributed by atoms with Crippen molar-refractivity contribution >= 4 is 28.8 Å². The van der Waals surface area contributed by atoms with Crippen molar-refractivity contribution in [3.8, 4) is 0 Å². The maximum atomic E-state index is 14.1. The third kappa shape index (κ3) is 9.00. The van der Waals surface area contributed by atoms with E-state index in [1.54, 1.807) is 12.1 Å². The molecule has 2 aromatic rings. The van der Waals surface area contributed by atoms with Crippen molar-refractivity contribution in [3.63, 3.8) is 0 Å². The van der Waals surface area contributed by atoms with Crippen LogP contribution in [0.4, 0.5) is 4.39 Å². The highest BCUT2D eigenvalue weighted by atomic mass is 19.1. The zero-order valence-electron chi connectivity index (χ0n) is 25.7. The van der Waals surface area contributed by atoms with Gasteiger partial charge in [0.2, 0.25) is 0 Å². The molecule has 0 radical (unpaired) electrons. The molecule has 1 aromatic carbocycles. The summed E-state index contributed by atoms with van der Waals surface area (Å²) in [4.78, 5) is 39.3. The van der Waals surface area contributed by atoms with E-state index >= 15 is 0 Å². The lowest BCUT2D eigenvalue weighted by molar-refractivity contribution is -0.170. The first-order valence-electron chi connectivity index (χ1n) is 15.4. The predicted octanol–water partition coefficient (Wildman–Crippen LogP) is 4.85. The van der Waals surface area contributed by atoms with Crippen molar-refractivity contribution in [2.75, 3.05) is 33.7 Å². The molecule has 5 N–H and O–H groups in total. The lowest BCUT2D eigenvalue weighted by Gasteiger charge is -2.45. The van der Waals surface area contributed by atoms with Gasteiger partial charge in [0, 0.05) is 28.7 Å². The van der Waals surface area contributed by atoms with Crippen LogP contribution in [0.3, 0.4) is 0 Å². The molecule has 43 heavy (non-hydrogen) atoms. The Morgan fingerprint density at radius 2 is 1.67 bits per heavy atom. The van der Waals surface area contributed by atoms with Gasteiger partial charge in [0.15, 0.2) is 5.60 Å². The fraction of sp³-hybridized carbons (Fsp3) is 0.656. The molecule has 0 spiro atoms. The predicted molar refractivity (Wildman–Crippen MR) is 162 cm³/mol. The molecule has 0 amide bonds. The number of fused-ring (bicyclic) bond motifs is 1. The molecule has 4 rings (SSSR count). The number of carbonyl (C=O) groups is 3. The second-order valence-corrected chi connectivity index (χ2v) is 12.5. The van der Waals surface area contributed by atoms with Gasteiger partial charge in [-0.15, -0.1) is 0 Å². The van der Waals surface area contributed by atoms with Gasteiger partial charge < -0.3 is 35.2 Å². The van der Waals surface area contributed by atoms with Crippen molar-refractivity contribution < 1.29 is 39.2 Å². The number of aliphatic hydroxyl groups is 1. The first kappa shape index (κ1) is 34.5. The average molecular weight is 606 g/mol. The second kappa shape index (κ2) is 15.1. The molecular formula is C32H48FN3O7. The van der Waals surface area contributed by atoms with Crippen LogP contribution in [0.15, 0.2) is 18.2 Å². The Morgan fingerprint density at radius 1 is 1.07 bits per heavy atom. The van der Waals surface area contributed by atoms with Crippen LogP contribution < -0.4 is 0 Å². The number of halogens is 1. The Balaban J connectivity index is 0.000000331. The molecule has 0 bridgehead atoms. The standard InChI is InChI=1S/C26H40FN3.C6H8O7/c1-4-5-13-26(29(2)3)14-10-20(11-15-26)25-22(12-18-30-16-6-7-17-30)23-19-21(27)8-9-24(23)28-25;7-3(8)1-6(13,5(11)12)2-4(9)10/h8-9,19-20,28H,4-7,10-18H2,1-3H3;13H,1-2H2,(H,7,8)(H,9,10)(H,11,12). The first-order valence-corrected chi connectivity index (χ1v) is 15.4. The minimum absolute atomic E-state index is 0.120. The Bertz CT molecular complexity index is 1230. The zero-order chi connectivity index (χ0) is 31.8. The van der Waals surface area contributed by atoms with E-state index in [4.69, 9.17) is 20.4 Å². The molecule has 11 heteroatoms. The Labute approximate surface area is 252 Å². The number of aromatic amines is 1. The van der Waals surface area contributed by atoms with Gasteiger partial charge in [-0.25, -0.2) is 9.18 Å². The van der Waals surface area contributed by atoms with Gasteiger partial charge in [0.1, 0.15) is 5.82 Å². The van der Waals surface area contributed by atoms with E-state index in [-0.39, 0.29) is 5.82 Å². The van der Waals surface area contributed by atoms with Crippen LogP contribution in [0, 0.1) is 5.82 Å². The van der Waals surface area contributed by atoms with E-state index < -0.39 is 36.4 Å². The number of aliphatic carboxylic acids is 3. The van der Waals surface area contributed by atoms with Crippen molar-refractivity contribution in [3.05, 3.63) is 35.3 Å². The molecule has 1 aliphatic heterocycles. The minimum atomic E-state index is -2.74. The summed E-state index contributed by atoms with van der Waals surface area (Å²) in [7, 11) is 4.53. The molecule has 1 saturated heterocycles. The summed E-state index contributed by atoms with van der Waals surface area (Å²) in [5.74, 6) is -4.57. The first-order chi connectivity index (χ1) is 20.3. The third-order valence-electron chi connectivity index (χ3n) is 9.33. The number of rotatable bonds is 13. The number of nitrogens with one attached hydrogen (secondary N) is 1. The van der Waals surface area contributed by atoms with Crippen LogP contribution in [0.1, 0.15) is 94.7 Å². The number of carboxylic acids is 3. The van der Waals surface area contributed by atoms with Crippen LogP contribution in [-0.4, -0.2) is 98.0 Å². The normalized spacial score (nSPS) is 21.1. The van der Waals surface area contributed by atoms with Gasteiger partial charge in [0.05, 0.1) is 12.8 Å². The molecule has 2 fully saturated rings. The molecule has 240 valence electrons. The minimum Gasteiger partial charge on any atom is -0.481 e. The quantitative estimate of drug-likeness (QED) is 0.216. The number of likely N-dealkylation sites (tertiary alicyclic amines) is 1. The summed E-state index contributed by atoms with van der Waals surface area (Å²) in [6.07, 6.45) is 10.3. The van der Waals surface area contributed by atoms with Crippen molar-refractivity contribution in [2.45, 2.75) is 101 Å². The third-order valence-corrected chi connectivity index (χ3v) is 9.33. The molecule has 0 unspecified atom stereocenters. The van der Waals surface area contributed by atoms with E-state index in [1.165, 1.54) is 82.1 Å². The number of unbranched alkanes of at least 4 members (excludes halogenated alkanes) is 1. The van der Waals surface area contributed by atoms with Gasteiger partial charge >= 0.3 is 17.9 Å². The summed E-state index contributed by atoms with van der Waals surface area (Å²) in [6, 6.07) is 5.28. The summed E-state index contributed by atoms with van der Waals surface area (Å²) < 4.78 is 14.1. The van der Waals surface area contributed by atoms with Gasteiger partial charge in [-0.3, -0.25) is 9.59 Å². The number of hydrogen-bond acceptors (Lipinski definition) is 6. The number of hydrogen-bond donors (Lipinski definition) is 5. The van der Waals surface area contributed by atoms with Crippen LogP contribution in [0.5, 0.6) is 0 Å². The highest BCUT2D eigenvalue weighted by Crippen LogP contribution is 2.44. The summed E-state index contributed by atoms with van der Waals surface area (Å²) >= 11 is 0. The van der Waals surface area contributed by atoms with E-state index in [9.17, 15) is 18.8 Å². The number of carboxylic acid groups (broad SMARTS) is 3. The van der Waals surface area contributed by atoms with Crippen LogP contribution in [-0.2, 0) is 20.8 Å². The van der Waals surface area contributed by atoms with Gasteiger partial charge in [-0.2, -0.15) is 0 Å². The van der Waals surface area contributed by atoms with Crippen LogP contribution >= 0.6 is 0 Å². The molecule has 1 saturated carbocycles. The summed E-state index contributed by atoms with van der Waals surface area (Å²) in [5, 5.41) is 34.9. The van der Waals surface area contributed by atoms with Gasteiger partial charge in [-0.05, 0) is 108 Å². The Morgan fingerprint density at radius 3 is 2.19 bits per heavy atom. The average Bonchev–Trinajstić information content (AvgIpc) is 3.58. The van der Waals surface area contributed by atoms with E-state index in [0.29, 0.717) is 11.5 Å². The van der Waals surface area contributed by atoms with Crippen molar-refractivity contribution in [2.24, 2.45) is 0 Å². The van der Waals surface area contributed by atoms with E-state index in [2.05, 4.69) is 35.8 Å². The van der Waals surface area contributed by atoms with E-state index in [1.807, 2.05) is 6.07 Å². The monoisotopic (exact) mass is 605 g/mol. The summed E-state index contributed by atoms with van der Waals surface area (Å²) in [6.45, 7) is 5.84.